The molecular weight excluding hydrogens is 365 g/mol. The van der Waals surface area contributed by atoms with Crippen LogP contribution in [0.3, 0.4) is 0 Å². The zero-order valence-electron chi connectivity index (χ0n) is 15.4. The first-order valence-electron chi connectivity index (χ1n) is 8.76. The van der Waals surface area contributed by atoms with Gasteiger partial charge in [0, 0.05) is 42.7 Å². The first-order chi connectivity index (χ1) is 13.5. The van der Waals surface area contributed by atoms with Crippen molar-refractivity contribution in [3.8, 4) is 5.75 Å². The van der Waals surface area contributed by atoms with E-state index >= 15 is 0 Å². The summed E-state index contributed by atoms with van der Waals surface area (Å²) in [7, 11) is 1.61. The van der Waals surface area contributed by atoms with Crippen LogP contribution in [0.25, 0.3) is 10.9 Å². The summed E-state index contributed by atoms with van der Waals surface area (Å²) in [5.74, 6) is -0.375. The minimum absolute atomic E-state index is 0.0999. The molecule has 8 heteroatoms. The van der Waals surface area contributed by atoms with Crippen molar-refractivity contribution < 1.29 is 23.8 Å². The number of benzene rings is 2. The van der Waals surface area contributed by atoms with Crippen molar-refractivity contribution in [2.75, 3.05) is 32.2 Å². The molecule has 0 aliphatic rings. The van der Waals surface area contributed by atoms with Gasteiger partial charge in [0.25, 0.3) is 0 Å². The van der Waals surface area contributed by atoms with Gasteiger partial charge in [-0.05, 0) is 29.3 Å². The molecule has 1 unspecified atom stereocenters. The number of halogens is 1. The summed E-state index contributed by atoms with van der Waals surface area (Å²) in [4.78, 5) is 14.0. The normalized spacial score (nSPS) is 12.1. The molecule has 0 radical (unpaired) electrons. The first kappa shape index (κ1) is 19.7. The molecule has 0 bridgehead atoms. The second-order valence-electron chi connectivity index (χ2n) is 6.22. The number of fused-ring (bicyclic) bond motifs is 1. The van der Waals surface area contributed by atoms with Gasteiger partial charge in [-0.25, -0.2) is 9.18 Å². The topological polar surface area (TPSA) is 110 Å². The number of nitrogens with one attached hydrogen (secondary N) is 2. The minimum atomic E-state index is -1.33. The van der Waals surface area contributed by atoms with Crippen LogP contribution in [0.4, 0.5) is 14.9 Å². The first-order valence-corrected chi connectivity index (χ1v) is 8.76. The molecule has 0 fully saturated rings. The van der Waals surface area contributed by atoms with Crippen LogP contribution in [0.1, 0.15) is 17.0 Å². The molecule has 3 aromatic rings. The summed E-state index contributed by atoms with van der Waals surface area (Å²) >= 11 is 0. The summed E-state index contributed by atoms with van der Waals surface area (Å²) in [5.41, 5.74) is 7.85. The molecule has 3 rings (SSSR count). The zero-order valence-corrected chi connectivity index (χ0v) is 15.4. The van der Waals surface area contributed by atoms with Gasteiger partial charge in [-0.2, -0.15) is 0 Å². The SMILES string of the molecule is COCCOc1ccc2c(C(CN)c3cccc(NC(=O)O)c3F)c[nH]c2c1. The van der Waals surface area contributed by atoms with Gasteiger partial charge in [0.05, 0.1) is 12.3 Å². The van der Waals surface area contributed by atoms with Crippen molar-refractivity contribution in [1.82, 2.24) is 4.98 Å². The van der Waals surface area contributed by atoms with E-state index < -0.39 is 17.8 Å². The highest BCUT2D eigenvalue weighted by molar-refractivity contribution is 5.86. The summed E-state index contributed by atoms with van der Waals surface area (Å²) in [6, 6.07) is 10.2. The number of rotatable bonds is 8. The molecule has 148 valence electrons. The molecule has 5 N–H and O–H groups in total. The van der Waals surface area contributed by atoms with E-state index in [4.69, 9.17) is 20.3 Å². The lowest BCUT2D eigenvalue weighted by Gasteiger charge is -2.17. The number of carbonyl (C=O) groups is 1. The maximum absolute atomic E-state index is 14.9. The number of amides is 1. The monoisotopic (exact) mass is 387 g/mol. The Balaban J connectivity index is 1.95. The number of hydrogen-bond acceptors (Lipinski definition) is 4. The van der Waals surface area contributed by atoms with E-state index in [-0.39, 0.29) is 12.2 Å². The fourth-order valence-electron chi connectivity index (χ4n) is 3.20. The average molecular weight is 387 g/mol. The van der Waals surface area contributed by atoms with E-state index in [2.05, 4.69) is 10.3 Å². The zero-order chi connectivity index (χ0) is 20.1. The Bertz CT molecular complexity index is 973. The second kappa shape index (κ2) is 8.73. The van der Waals surface area contributed by atoms with Crippen LogP contribution in [-0.2, 0) is 4.74 Å². The highest BCUT2D eigenvalue weighted by Crippen LogP contribution is 2.34. The van der Waals surface area contributed by atoms with E-state index in [0.717, 1.165) is 16.5 Å². The van der Waals surface area contributed by atoms with Crippen molar-refractivity contribution >= 4 is 22.7 Å². The van der Waals surface area contributed by atoms with Gasteiger partial charge in [-0.1, -0.05) is 12.1 Å². The van der Waals surface area contributed by atoms with Gasteiger partial charge in [0.15, 0.2) is 5.82 Å². The van der Waals surface area contributed by atoms with Gasteiger partial charge in [0.1, 0.15) is 12.4 Å². The van der Waals surface area contributed by atoms with Gasteiger partial charge < -0.3 is 25.3 Å². The van der Waals surface area contributed by atoms with Crippen LogP contribution in [-0.4, -0.2) is 43.1 Å². The van der Waals surface area contributed by atoms with Crippen LogP contribution >= 0.6 is 0 Å². The molecule has 0 saturated heterocycles. The molecule has 7 nitrogen and oxygen atoms in total. The van der Waals surface area contributed by atoms with Crippen molar-refractivity contribution in [2.24, 2.45) is 5.73 Å². The Morgan fingerprint density at radius 3 is 2.82 bits per heavy atom. The maximum Gasteiger partial charge on any atom is 0.409 e. The molecule has 0 aliphatic heterocycles. The van der Waals surface area contributed by atoms with E-state index in [1.807, 2.05) is 18.2 Å². The smallest absolute Gasteiger partial charge is 0.409 e. The number of methoxy groups -OCH3 is 1. The second-order valence-corrected chi connectivity index (χ2v) is 6.22. The number of aromatic nitrogens is 1. The van der Waals surface area contributed by atoms with E-state index in [9.17, 15) is 9.18 Å². The fourth-order valence-corrected chi connectivity index (χ4v) is 3.20. The number of anilines is 1. The lowest BCUT2D eigenvalue weighted by molar-refractivity contribution is 0.146. The third-order valence-electron chi connectivity index (χ3n) is 4.50. The Kier molecular flexibility index (Phi) is 6.13. The third kappa shape index (κ3) is 4.08. The van der Waals surface area contributed by atoms with Gasteiger partial charge in [0.2, 0.25) is 0 Å². The van der Waals surface area contributed by atoms with Crippen LogP contribution in [0, 0.1) is 5.82 Å². The Morgan fingerprint density at radius 2 is 2.11 bits per heavy atom. The molecule has 1 aromatic heterocycles. The molecule has 1 heterocycles. The van der Waals surface area contributed by atoms with Gasteiger partial charge >= 0.3 is 6.09 Å². The molecular formula is C20H22FN3O4. The van der Waals surface area contributed by atoms with Crippen molar-refractivity contribution in [2.45, 2.75) is 5.92 Å². The average Bonchev–Trinajstić information content (AvgIpc) is 3.08. The highest BCUT2D eigenvalue weighted by Gasteiger charge is 2.22. The molecule has 0 saturated carbocycles. The fraction of sp³-hybridized carbons (Fsp3) is 0.250. The van der Waals surface area contributed by atoms with E-state index in [1.54, 1.807) is 25.4 Å². The highest BCUT2D eigenvalue weighted by atomic mass is 19.1. The summed E-state index contributed by atoms with van der Waals surface area (Å²) in [6.07, 6.45) is 0.464. The minimum Gasteiger partial charge on any atom is -0.491 e. The Labute approximate surface area is 161 Å². The molecule has 0 spiro atoms. The number of nitrogens with two attached hydrogens (primary N) is 1. The number of H-pyrrole nitrogens is 1. The predicted molar refractivity (Wildman–Crippen MR) is 105 cm³/mol. The van der Waals surface area contributed by atoms with Gasteiger partial charge in [-0.15, -0.1) is 0 Å². The molecule has 2 aromatic carbocycles. The van der Waals surface area contributed by atoms with Crippen LogP contribution < -0.4 is 15.8 Å². The molecule has 1 amide bonds. The number of ether oxygens (including phenoxy) is 2. The molecule has 1 atom stereocenters. The van der Waals surface area contributed by atoms with Crippen molar-refractivity contribution in [3.05, 3.63) is 59.5 Å². The molecule has 28 heavy (non-hydrogen) atoms. The van der Waals surface area contributed by atoms with Crippen LogP contribution in [0.5, 0.6) is 5.75 Å². The van der Waals surface area contributed by atoms with E-state index in [1.165, 1.54) is 6.07 Å². The Hall–Kier alpha value is -3.10. The van der Waals surface area contributed by atoms with Crippen molar-refractivity contribution in [3.63, 3.8) is 0 Å². The lowest BCUT2D eigenvalue weighted by atomic mass is 9.90. The number of aromatic amines is 1. The summed E-state index contributed by atoms with van der Waals surface area (Å²) in [6.45, 7) is 1.09. The standard InChI is InChI=1S/C20H22FN3O4/c1-27-7-8-28-12-5-6-13-16(11-23-18(13)9-12)15(10-22)14-3-2-4-17(19(14)21)24-20(25)26/h2-6,9,11,15,23-24H,7-8,10,22H2,1H3,(H,25,26). The number of carboxylic acid groups (broad SMARTS) is 1. The lowest BCUT2D eigenvalue weighted by Crippen LogP contribution is -2.17. The Morgan fingerprint density at radius 1 is 1.29 bits per heavy atom. The quantitative estimate of drug-likeness (QED) is 0.442. The van der Waals surface area contributed by atoms with E-state index in [0.29, 0.717) is 24.5 Å². The van der Waals surface area contributed by atoms with Crippen molar-refractivity contribution in [1.29, 1.82) is 0 Å². The largest absolute Gasteiger partial charge is 0.491 e. The predicted octanol–water partition coefficient (Wildman–Crippen LogP) is 3.51. The van der Waals surface area contributed by atoms with Gasteiger partial charge in [-0.3, -0.25) is 5.32 Å². The summed E-state index contributed by atoms with van der Waals surface area (Å²) in [5, 5.41) is 11.8. The third-order valence-corrected chi connectivity index (χ3v) is 4.50. The summed E-state index contributed by atoms with van der Waals surface area (Å²) < 4.78 is 25.5. The van der Waals surface area contributed by atoms with Crippen LogP contribution in [0.15, 0.2) is 42.6 Å². The van der Waals surface area contributed by atoms with Crippen LogP contribution in [0.2, 0.25) is 0 Å². The molecule has 0 aliphatic carbocycles. The number of hydrogen-bond donors (Lipinski definition) is 4. The maximum atomic E-state index is 14.9.